The van der Waals surface area contributed by atoms with Gasteiger partial charge in [-0.05, 0) is 13.8 Å². The van der Waals surface area contributed by atoms with Crippen LogP contribution in [-0.4, -0.2) is 40.1 Å². The topological polar surface area (TPSA) is 110 Å². The average Bonchev–Trinajstić information content (AvgIpc) is 2.02. The number of aliphatic carboxylic acids is 1. The Hall–Kier alpha value is -0.300. The summed E-state index contributed by atoms with van der Waals surface area (Å²) in [5, 5.41) is 16.1. The van der Waals surface area contributed by atoms with Gasteiger partial charge in [0.15, 0.2) is 0 Å². The number of carbonyl (C=O) groups is 1. The van der Waals surface area contributed by atoms with Gasteiger partial charge in [-0.2, -0.15) is 12.6 Å². The lowest BCUT2D eigenvalue weighted by molar-refractivity contribution is -0.139. The number of hydrogen-bond donors (Lipinski definition) is 5. The molecule has 0 bridgehead atoms. The van der Waals surface area contributed by atoms with Crippen molar-refractivity contribution in [1.82, 2.24) is 0 Å². The van der Waals surface area contributed by atoms with E-state index in [4.69, 9.17) is 21.7 Å². The van der Waals surface area contributed by atoms with Crippen molar-refractivity contribution in [3.63, 3.8) is 0 Å². The average molecular weight is 210 g/mol. The summed E-state index contributed by atoms with van der Waals surface area (Å²) in [6.07, 6.45) is 0. The highest BCUT2D eigenvalue weighted by Gasteiger charge is 2.27. The minimum absolute atomic E-state index is 0.0972. The second kappa shape index (κ2) is 7.14. The molecule has 0 rings (SSSR count). The van der Waals surface area contributed by atoms with Gasteiger partial charge in [0.25, 0.3) is 0 Å². The van der Waals surface area contributed by atoms with E-state index in [2.05, 4.69) is 12.6 Å². The van der Waals surface area contributed by atoms with Gasteiger partial charge in [-0.25, -0.2) is 0 Å². The van der Waals surface area contributed by atoms with Gasteiger partial charge >= 0.3 is 5.97 Å². The standard InChI is InChI=1S/C5H11NO2S.C2H7NO/c1-5(2,9)3(6)4(7)8;3-1-2-4/h3,9H,6H2,1-2H3,(H,7,8);4H,1-3H2/t3-;/m1./s1. The first-order chi connectivity index (χ1) is 5.77. The van der Waals surface area contributed by atoms with Crippen LogP contribution in [0.1, 0.15) is 13.8 Å². The molecule has 0 aliphatic carbocycles. The molecule has 0 unspecified atom stereocenters. The molecule has 0 aliphatic rings. The smallest absolute Gasteiger partial charge is 0.321 e. The third-order valence-corrected chi connectivity index (χ3v) is 1.43. The van der Waals surface area contributed by atoms with Gasteiger partial charge in [0.2, 0.25) is 0 Å². The molecule has 0 fully saturated rings. The normalized spacial score (nSPS) is 12.8. The van der Waals surface area contributed by atoms with Crippen LogP contribution in [0.5, 0.6) is 0 Å². The largest absolute Gasteiger partial charge is 0.480 e. The van der Waals surface area contributed by atoms with Crippen molar-refractivity contribution in [2.24, 2.45) is 11.5 Å². The molecule has 0 aromatic rings. The van der Waals surface area contributed by atoms with Gasteiger partial charge < -0.3 is 21.7 Å². The van der Waals surface area contributed by atoms with Crippen LogP contribution in [0.4, 0.5) is 0 Å². The molecular weight excluding hydrogens is 192 g/mol. The number of thiol groups is 1. The van der Waals surface area contributed by atoms with Gasteiger partial charge in [0.1, 0.15) is 6.04 Å². The summed E-state index contributed by atoms with van der Waals surface area (Å²) >= 11 is 3.98. The number of carboxylic acid groups (broad SMARTS) is 1. The molecule has 1 atom stereocenters. The van der Waals surface area contributed by atoms with Crippen LogP contribution < -0.4 is 11.5 Å². The monoisotopic (exact) mass is 210 g/mol. The molecule has 0 saturated heterocycles. The fourth-order valence-corrected chi connectivity index (χ4v) is 0.413. The Kier molecular flexibility index (Phi) is 8.34. The summed E-state index contributed by atoms with van der Waals surface area (Å²) in [6.45, 7) is 3.80. The predicted octanol–water partition coefficient (Wildman–Crippen LogP) is -0.956. The van der Waals surface area contributed by atoms with Crippen LogP contribution in [0.3, 0.4) is 0 Å². The number of hydrogen-bond acceptors (Lipinski definition) is 5. The molecular formula is C7H18N2O3S. The van der Waals surface area contributed by atoms with Gasteiger partial charge in [-0.1, -0.05) is 0 Å². The van der Waals surface area contributed by atoms with Crippen molar-refractivity contribution in [1.29, 1.82) is 0 Å². The van der Waals surface area contributed by atoms with Gasteiger partial charge in [0, 0.05) is 11.3 Å². The van der Waals surface area contributed by atoms with Crippen LogP contribution in [0.25, 0.3) is 0 Å². The first kappa shape index (κ1) is 15.2. The predicted molar refractivity (Wildman–Crippen MR) is 54.8 cm³/mol. The third kappa shape index (κ3) is 9.62. The molecule has 0 aliphatic heterocycles. The lowest BCUT2D eigenvalue weighted by Gasteiger charge is -2.21. The van der Waals surface area contributed by atoms with Crippen molar-refractivity contribution >= 4 is 18.6 Å². The molecule has 13 heavy (non-hydrogen) atoms. The highest BCUT2D eigenvalue weighted by atomic mass is 32.1. The summed E-state index contributed by atoms with van der Waals surface area (Å²) in [7, 11) is 0. The number of aliphatic hydroxyl groups is 1. The number of carboxylic acids is 1. The van der Waals surface area contributed by atoms with E-state index in [0.29, 0.717) is 6.54 Å². The van der Waals surface area contributed by atoms with E-state index >= 15 is 0 Å². The fourth-order valence-electron chi connectivity index (χ4n) is 0.302. The van der Waals surface area contributed by atoms with E-state index in [1.807, 2.05) is 0 Å². The number of rotatable bonds is 3. The Morgan fingerprint density at radius 1 is 1.62 bits per heavy atom. The Morgan fingerprint density at radius 2 is 1.92 bits per heavy atom. The minimum Gasteiger partial charge on any atom is -0.480 e. The van der Waals surface area contributed by atoms with Crippen molar-refractivity contribution in [2.45, 2.75) is 24.6 Å². The van der Waals surface area contributed by atoms with E-state index in [9.17, 15) is 4.79 Å². The van der Waals surface area contributed by atoms with E-state index in [1.165, 1.54) is 0 Å². The van der Waals surface area contributed by atoms with Crippen LogP contribution in [0, 0.1) is 0 Å². The minimum atomic E-state index is -1.02. The lowest BCUT2D eigenvalue weighted by atomic mass is 10.1. The molecule has 0 saturated carbocycles. The molecule has 0 amide bonds. The maximum Gasteiger partial charge on any atom is 0.321 e. The van der Waals surface area contributed by atoms with Crippen molar-refractivity contribution in [2.75, 3.05) is 13.2 Å². The van der Waals surface area contributed by atoms with Crippen molar-refractivity contribution in [3.8, 4) is 0 Å². The van der Waals surface area contributed by atoms with E-state index in [0.717, 1.165) is 0 Å². The van der Waals surface area contributed by atoms with Crippen LogP contribution >= 0.6 is 12.6 Å². The molecule has 0 heterocycles. The highest BCUT2D eigenvalue weighted by Crippen LogP contribution is 2.15. The molecule has 6 N–H and O–H groups in total. The number of nitrogens with two attached hydrogens (primary N) is 2. The summed E-state index contributed by atoms with van der Waals surface area (Å²) in [5.41, 5.74) is 10.00. The third-order valence-electron chi connectivity index (χ3n) is 1.16. The maximum atomic E-state index is 10.2. The van der Waals surface area contributed by atoms with Crippen LogP contribution in [-0.2, 0) is 4.79 Å². The Labute approximate surface area is 83.5 Å². The zero-order chi connectivity index (χ0) is 11.1. The SMILES string of the molecule is CC(C)(S)[C@H](N)C(=O)O.NCCO. The Bertz CT molecular complexity index is 145. The Morgan fingerprint density at radius 3 is 1.92 bits per heavy atom. The Balaban J connectivity index is 0. The van der Waals surface area contributed by atoms with Crippen LogP contribution in [0.2, 0.25) is 0 Å². The first-order valence-corrected chi connectivity index (χ1v) is 4.23. The van der Waals surface area contributed by atoms with Gasteiger partial charge in [0.05, 0.1) is 6.61 Å². The molecule has 0 aromatic heterocycles. The van der Waals surface area contributed by atoms with Crippen molar-refractivity contribution in [3.05, 3.63) is 0 Å². The molecule has 5 nitrogen and oxygen atoms in total. The van der Waals surface area contributed by atoms with Gasteiger partial charge in [-0.3, -0.25) is 4.79 Å². The second-order valence-electron chi connectivity index (χ2n) is 2.98. The summed E-state index contributed by atoms with van der Waals surface area (Å²) < 4.78 is -0.647. The van der Waals surface area contributed by atoms with E-state index < -0.39 is 16.8 Å². The maximum absolute atomic E-state index is 10.2. The molecule has 0 radical (unpaired) electrons. The molecule has 0 spiro atoms. The van der Waals surface area contributed by atoms with Gasteiger partial charge in [-0.15, -0.1) is 0 Å². The summed E-state index contributed by atoms with van der Waals surface area (Å²) in [5.74, 6) is -1.02. The second-order valence-corrected chi connectivity index (χ2v) is 4.13. The molecule has 6 heteroatoms. The highest BCUT2D eigenvalue weighted by molar-refractivity contribution is 7.81. The fraction of sp³-hybridized carbons (Fsp3) is 0.857. The summed E-state index contributed by atoms with van der Waals surface area (Å²) in [4.78, 5) is 10.2. The van der Waals surface area contributed by atoms with Crippen molar-refractivity contribution < 1.29 is 15.0 Å². The molecule has 80 valence electrons. The molecule has 0 aromatic carbocycles. The lowest BCUT2D eigenvalue weighted by Crippen LogP contribution is -2.45. The van der Waals surface area contributed by atoms with E-state index in [-0.39, 0.29) is 6.61 Å². The number of aliphatic hydroxyl groups excluding tert-OH is 1. The van der Waals surface area contributed by atoms with E-state index in [1.54, 1.807) is 13.8 Å². The van der Waals surface area contributed by atoms with Crippen LogP contribution in [0.15, 0.2) is 0 Å². The zero-order valence-electron chi connectivity index (χ0n) is 7.90. The summed E-state index contributed by atoms with van der Waals surface area (Å²) in [6, 6.07) is -0.902. The quantitative estimate of drug-likeness (QED) is 0.386. The first-order valence-electron chi connectivity index (χ1n) is 3.79. The zero-order valence-corrected chi connectivity index (χ0v) is 8.79.